The molecule has 0 aliphatic heterocycles. The summed E-state index contributed by atoms with van der Waals surface area (Å²) in [5.74, 6) is 0.513. The highest BCUT2D eigenvalue weighted by Gasteiger charge is 2.19. The zero-order valence-electron chi connectivity index (χ0n) is 13.4. The van der Waals surface area contributed by atoms with E-state index >= 15 is 0 Å². The number of rotatable bonds is 6. The van der Waals surface area contributed by atoms with Gasteiger partial charge < -0.3 is 15.2 Å². The van der Waals surface area contributed by atoms with Crippen molar-refractivity contribution in [2.24, 2.45) is 5.41 Å². The van der Waals surface area contributed by atoms with Crippen LogP contribution < -0.4 is 10.6 Å². The molecule has 0 bridgehead atoms. The molecule has 0 aliphatic carbocycles. The maximum Gasteiger partial charge on any atom is 0.413 e. The topological polar surface area (TPSA) is 99.3 Å². The summed E-state index contributed by atoms with van der Waals surface area (Å²) in [5, 5.41) is 21.7. The Morgan fingerprint density at radius 2 is 2.05 bits per heavy atom. The number of aliphatic hydroxyl groups is 1. The van der Waals surface area contributed by atoms with Gasteiger partial charge in [-0.15, -0.1) is 0 Å². The molecular formula is C14H26N4O3. The molecule has 0 spiro atoms. The van der Waals surface area contributed by atoms with E-state index in [2.05, 4.69) is 20.8 Å². The van der Waals surface area contributed by atoms with E-state index in [1.165, 1.54) is 0 Å². The Labute approximate surface area is 125 Å². The fourth-order valence-corrected chi connectivity index (χ4v) is 1.55. The molecule has 0 saturated carbocycles. The van der Waals surface area contributed by atoms with E-state index < -0.39 is 11.7 Å². The van der Waals surface area contributed by atoms with Crippen LogP contribution in [0.5, 0.6) is 0 Å². The van der Waals surface area contributed by atoms with Gasteiger partial charge in [0.15, 0.2) is 0 Å². The Balaban J connectivity index is 2.52. The number of H-pyrrole nitrogens is 1. The van der Waals surface area contributed by atoms with Gasteiger partial charge in [-0.25, -0.2) is 4.79 Å². The second-order valence-corrected chi connectivity index (χ2v) is 6.82. The molecule has 1 aromatic rings. The highest BCUT2D eigenvalue weighted by Crippen LogP contribution is 2.15. The zero-order chi connectivity index (χ0) is 16.1. The van der Waals surface area contributed by atoms with Crippen molar-refractivity contribution in [2.45, 2.75) is 46.8 Å². The van der Waals surface area contributed by atoms with Crippen LogP contribution in [0.4, 0.5) is 10.6 Å². The van der Waals surface area contributed by atoms with Gasteiger partial charge in [-0.05, 0) is 20.8 Å². The van der Waals surface area contributed by atoms with Crippen molar-refractivity contribution in [1.29, 1.82) is 0 Å². The number of ether oxygens (including phenoxy) is 1. The van der Waals surface area contributed by atoms with E-state index in [0.29, 0.717) is 18.9 Å². The fourth-order valence-electron chi connectivity index (χ4n) is 1.55. The molecule has 0 aliphatic rings. The van der Waals surface area contributed by atoms with Crippen LogP contribution in [-0.2, 0) is 11.3 Å². The molecule has 0 aromatic carbocycles. The van der Waals surface area contributed by atoms with Gasteiger partial charge in [-0.3, -0.25) is 10.4 Å². The number of aromatic amines is 1. The summed E-state index contributed by atoms with van der Waals surface area (Å²) < 4.78 is 5.19. The van der Waals surface area contributed by atoms with Gasteiger partial charge in [0.2, 0.25) is 0 Å². The monoisotopic (exact) mass is 298 g/mol. The summed E-state index contributed by atoms with van der Waals surface area (Å²) in [5.41, 5.74) is 0.0884. The molecule has 1 heterocycles. The summed E-state index contributed by atoms with van der Waals surface area (Å²) in [4.78, 5) is 11.7. The molecule has 0 unspecified atom stereocenters. The highest BCUT2D eigenvalue weighted by molar-refractivity contribution is 5.84. The van der Waals surface area contributed by atoms with Gasteiger partial charge in [0, 0.05) is 30.7 Å². The van der Waals surface area contributed by atoms with Gasteiger partial charge in [-0.2, -0.15) is 5.10 Å². The van der Waals surface area contributed by atoms with Crippen molar-refractivity contribution in [1.82, 2.24) is 15.5 Å². The largest absolute Gasteiger partial charge is 0.444 e. The molecule has 1 amide bonds. The van der Waals surface area contributed by atoms with E-state index in [9.17, 15) is 9.90 Å². The van der Waals surface area contributed by atoms with Gasteiger partial charge in [0.1, 0.15) is 11.4 Å². The molecule has 0 fully saturated rings. The number of anilines is 1. The lowest BCUT2D eigenvalue weighted by Crippen LogP contribution is -2.32. The van der Waals surface area contributed by atoms with Crippen LogP contribution in [-0.4, -0.2) is 40.1 Å². The molecule has 1 rings (SSSR count). The van der Waals surface area contributed by atoms with Crippen LogP contribution in [0, 0.1) is 5.41 Å². The maximum atomic E-state index is 11.7. The molecule has 120 valence electrons. The minimum Gasteiger partial charge on any atom is -0.444 e. The van der Waals surface area contributed by atoms with Crippen LogP contribution >= 0.6 is 0 Å². The standard InChI is InChI=1S/C14H26N4O3/c1-13(2,3)21-12(20)17-11-10(7-16-18-11)6-15-8-14(4,5)9-19/h7,15,19H,6,8-9H2,1-5H3,(H2,16,17,18,20). The molecule has 4 N–H and O–H groups in total. The Hall–Kier alpha value is -1.60. The molecule has 0 atom stereocenters. The van der Waals surface area contributed by atoms with Crippen molar-refractivity contribution in [3.05, 3.63) is 11.8 Å². The van der Waals surface area contributed by atoms with Gasteiger partial charge in [0.05, 0.1) is 6.20 Å². The lowest BCUT2D eigenvalue weighted by atomic mass is 9.95. The third-order valence-corrected chi connectivity index (χ3v) is 2.69. The Bertz CT molecular complexity index is 463. The second kappa shape index (κ2) is 6.91. The first-order valence-corrected chi connectivity index (χ1v) is 6.97. The number of nitrogens with zero attached hydrogens (tertiary/aromatic N) is 1. The number of aliphatic hydroxyl groups excluding tert-OH is 1. The van der Waals surface area contributed by atoms with Crippen LogP contribution in [0.25, 0.3) is 0 Å². The Kier molecular flexibility index (Phi) is 5.74. The average molecular weight is 298 g/mol. The molecule has 21 heavy (non-hydrogen) atoms. The number of hydrogen-bond donors (Lipinski definition) is 4. The predicted octanol–water partition coefficient (Wildman–Crippen LogP) is 1.86. The van der Waals surface area contributed by atoms with Crippen molar-refractivity contribution in [3.8, 4) is 0 Å². The van der Waals surface area contributed by atoms with Crippen molar-refractivity contribution in [3.63, 3.8) is 0 Å². The van der Waals surface area contributed by atoms with Crippen molar-refractivity contribution >= 4 is 11.9 Å². The van der Waals surface area contributed by atoms with E-state index in [0.717, 1.165) is 5.56 Å². The third kappa shape index (κ3) is 6.59. The first-order chi connectivity index (χ1) is 9.63. The first kappa shape index (κ1) is 17.5. The first-order valence-electron chi connectivity index (χ1n) is 6.97. The van der Waals surface area contributed by atoms with E-state index in [1.807, 2.05) is 13.8 Å². The summed E-state index contributed by atoms with van der Waals surface area (Å²) >= 11 is 0. The van der Waals surface area contributed by atoms with Gasteiger partial charge in [-0.1, -0.05) is 13.8 Å². The average Bonchev–Trinajstić information content (AvgIpc) is 2.74. The molecule has 7 nitrogen and oxygen atoms in total. The molecule has 7 heteroatoms. The van der Waals surface area contributed by atoms with E-state index in [-0.39, 0.29) is 12.0 Å². The normalized spacial score (nSPS) is 12.3. The Morgan fingerprint density at radius 3 is 2.62 bits per heavy atom. The predicted molar refractivity (Wildman–Crippen MR) is 81.0 cm³/mol. The summed E-state index contributed by atoms with van der Waals surface area (Å²) in [6.07, 6.45) is 1.12. The molecular weight excluding hydrogens is 272 g/mol. The van der Waals surface area contributed by atoms with Crippen molar-refractivity contribution < 1.29 is 14.6 Å². The lowest BCUT2D eigenvalue weighted by molar-refractivity contribution is 0.0635. The van der Waals surface area contributed by atoms with Gasteiger partial charge >= 0.3 is 6.09 Å². The summed E-state index contributed by atoms with van der Waals surface area (Å²) in [6, 6.07) is 0. The molecule has 1 aromatic heterocycles. The van der Waals surface area contributed by atoms with Crippen LogP contribution in [0.1, 0.15) is 40.2 Å². The quantitative estimate of drug-likeness (QED) is 0.642. The molecule has 0 saturated heterocycles. The Morgan fingerprint density at radius 1 is 1.38 bits per heavy atom. The number of nitrogens with one attached hydrogen (secondary N) is 3. The number of carbonyl (C=O) groups is 1. The van der Waals surface area contributed by atoms with Gasteiger partial charge in [0.25, 0.3) is 0 Å². The minimum atomic E-state index is -0.548. The fraction of sp³-hybridized carbons (Fsp3) is 0.714. The SMILES string of the molecule is CC(C)(CO)CNCc1cn[nH]c1NC(=O)OC(C)(C)C. The number of hydrogen-bond acceptors (Lipinski definition) is 5. The second-order valence-electron chi connectivity index (χ2n) is 6.82. The lowest BCUT2D eigenvalue weighted by Gasteiger charge is -2.22. The zero-order valence-corrected chi connectivity index (χ0v) is 13.4. The summed E-state index contributed by atoms with van der Waals surface area (Å²) in [6.45, 7) is 10.6. The number of carbonyl (C=O) groups excluding carboxylic acids is 1. The van der Waals surface area contributed by atoms with Crippen LogP contribution in [0.15, 0.2) is 6.20 Å². The van der Waals surface area contributed by atoms with Crippen LogP contribution in [0.2, 0.25) is 0 Å². The summed E-state index contributed by atoms with van der Waals surface area (Å²) in [7, 11) is 0. The smallest absolute Gasteiger partial charge is 0.413 e. The minimum absolute atomic E-state index is 0.106. The maximum absolute atomic E-state index is 11.7. The van der Waals surface area contributed by atoms with Crippen LogP contribution in [0.3, 0.4) is 0 Å². The van der Waals surface area contributed by atoms with E-state index in [4.69, 9.17) is 4.74 Å². The van der Waals surface area contributed by atoms with E-state index in [1.54, 1.807) is 27.0 Å². The third-order valence-electron chi connectivity index (χ3n) is 2.69. The molecule has 0 radical (unpaired) electrons. The number of aromatic nitrogens is 2. The number of amides is 1. The van der Waals surface area contributed by atoms with Crippen molar-refractivity contribution in [2.75, 3.05) is 18.5 Å². The highest BCUT2D eigenvalue weighted by atomic mass is 16.6.